The molecule has 3 nitrogen and oxygen atoms in total. The van der Waals surface area contributed by atoms with Crippen LogP contribution in [0, 0.1) is 0 Å². The van der Waals surface area contributed by atoms with Gasteiger partial charge < -0.3 is 22.1 Å². The molecule has 2 heterocycles. The maximum Gasteiger partial charge on any atom is 1.00 e. The molecule has 2 rings (SSSR count). The van der Waals surface area contributed by atoms with E-state index in [0.717, 1.165) is 31.5 Å². The second-order valence-electron chi connectivity index (χ2n) is 3.45. The minimum Gasteiger partial charge on any atom is -0.716 e. The summed E-state index contributed by atoms with van der Waals surface area (Å²) in [6, 6.07) is 0. The van der Waals surface area contributed by atoms with E-state index in [1.54, 1.807) is 0 Å². The van der Waals surface area contributed by atoms with Crippen molar-refractivity contribution in [1.29, 1.82) is 0 Å². The van der Waals surface area contributed by atoms with Gasteiger partial charge in [-0.15, -0.1) is 0 Å². The minimum absolute atomic E-state index is 0. The molecule has 2 aliphatic rings. The van der Waals surface area contributed by atoms with Gasteiger partial charge >= 0.3 is 18.9 Å². The van der Waals surface area contributed by atoms with Gasteiger partial charge in [-0.3, -0.25) is 4.99 Å². The molecule has 0 saturated carbocycles. The third-order valence-corrected chi connectivity index (χ3v) is 2.21. The number of ether oxygens (including phenoxy) is 2. The second-order valence-corrected chi connectivity index (χ2v) is 4.06. The van der Waals surface area contributed by atoms with E-state index in [4.69, 9.17) is 9.47 Å². The van der Waals surface area contributed by atoms with Crippen molar-refractivity contribution >= 4 is 17.7 Å². The van der Waals surface area contributed by atoms with E-state index in [1.807, 2.05) is 14.0 Å². The molecule has 2 saturated heterocycles. The molecule has 0 aromatic rings. The van der Waals surface area contributed by atoms with Crippen LogP contribution in [0.2, 0.25) is 0 Å². The Morgan fingerprint density at radius 2 is 1.19 bits per heavy atom. The monoisotopic (exact) mass is 240 g/mol. The van der Waals surface area contributed by atoms with Crippen molar-refractivity contribution in [2.45, 2.75) is 32.6 Å². The number of rotatable bonds is 0. The number of hydrogen-bond donors (Lipinski definition) is 1. The van der Waals surface area contributed by atoms with E-state index in [1.165, 1.54) is 25.7 Å². The molecule has 0 radical (unpaired) electrons. The van der Waals surface area contributed by atoms with E-state index >= 15 is 0 Å². The van der Waals surface area contributed by atoms with Crippen LogP contribution < -0.4 is 23.9 Å². The molecule has 5 heteroatoms. The van der Waals surface area contributed by atoms with Crippen molar-refractivity contribution < 1.29 is 33.3 Å². The average molecular weight is 240 g/mol. The van der Waals surface area contributed by atoms with Crippen LogP contribution in [0.15, 0.2) is 0 Å². The molecule has 0 bridgehead atoms. The zero-order valence-electron chi connectivity index (χ0n) is 10.9. The quantitative estimate of drug-likeness (QED) is 0.216. The first-order valence-corrected chi connectivity index (χ1v) is 6.02. The molecule has 0 aromatic carbocycles. The van der Waals surface area contributed by atoms with Crippen molar-refractivity contribution in [2.24, 2.45) is 0 Å². The summed E-state index contributed by atoms with van der Waals surface area (Å²) in [6.07, 6.45) is 5.11. The zero-order valence-corrected chi connectivity index (χ0v) is 11.7. The van der Waals surface area contributed by atoms with Gasteiger partial charge in [0.1, 0.15) is 7.05 Å². The van der Waals surface area contributed by atoms with Crippen molar-refractivity contribution in [3.63, 3.8) is 0 Å². The first kappa shape index (κ1) is 18.8. The summed E-state index contributed by atoms with van der Waals surface area (Å²) in [7, 11) is 1.81. The van der Waals surface area contributed by atoms with Crippen molar-refractivity contribution in [1.82, 2.24) is 0 Å². The van der Waals surface area contributed by atoms with E-state index in [2.05, 4.69) is 17.6 Å². The minimum atomic E-state index is 0. The normalized spacial score (nSPS) is 18.8. The molecule has 0 aromatic heterocycles. The molecule has 16 heavy (non-hydrogen) atoms. The summed E-state index contributed by atoms with van der Waals surface area (Å²) < 4.78 is 9.89. The number of nitrogens with one attached hydrogen (secondary N) is 1. The average Bonchev–Trinajstić information content (AvgIpc) is 2.96. The molecule has 0 aliphatic carbocycles. The number of hydrogen-bond acceptors (Lipinski definition) is 3. The predicted octanol–water partition coefficient (Wildman–Crippen LogP) is -2.74. The van der Waals surface area contributed by atoms with E-state index < -0.39 is 0 Å². The molecular formula is C11H23LiNO2S+. The van der Waals surface area contributed by atoms with Gasteiger partial charge in [-0.25, -0.2) is 0 Å². The molecule has 0 amide bonds. The Kier molecular flexibility index (Phi) is 18.1. The predicted molar refractivity (Wildman–Crippen MR) is 65.0 cm³/mol. The molecule has 90 valence electrons. The fourth-order valence-electron chi connectivity index (χ4n) is 1.02. The second kappa shape index (κ2) is 15.4. The zero-order chi connectivity index (χ0) is 11.4. The standard InChI is InChI=1S/2C4H8O.C3H7NS.Li/c2*1-2-4-5-3-1;1-3(5)4-2;/h2*1-4H2;1-2H3,(H,4,5);/q;;;+1. The van der Waals surface area contributed by atoms with Crippen molar-refractivity contribution in [3.8, 4) is 0 Å². The van der Waals surface area contributed by atoms with Crippen LogP contribution >= 0.6 is 0 Å². The van der Waals surface area contributed by atoms with Gasteiger partial charge in [0.05, 0.1) is 0 Å². The van der Waals surface area contributed by atoms with Crippen LogP contribution in [0.1, 0.15) is 32.6 Å². The maximum absolute atomic E-state index is 4.94. The largest absolute Gasteiger partial charge is 1.00 e. The Balaban J connectivity index is 0. The van der Waals surface area contributed by atoms with Crippen LogP contribution in [-0.4, -0.2) is 38.5 Å². The molecule has 0 unspecified atom stereocenters. The van der Waals surface area contributed by atoms with E-state index in [9.17, 15) is 0 Å². The van der Waals surface area contributed by atoms with Gasteiger partial charge in [0, 0.05) is 31.5 Å². The maximum atomic E-state index is 4.94. The van der Waals surface area contributed by atoms with E-state index in [-0.39, 0.29) is 18.9 Å². The van der Waals surface area contributed by atoms with Gasteiger partial charge in [0.2, 0.25) is 0 Å². The molecular weight excluding hydrogens is 217 g/mol. The fourth-order valence-corrected chi connectivity index (χ4v) is 1.02. The Morgan fingerprint density at radius 3 is 1.25 bits per heavy atom. The summed E-state index contributed by atoms with van der Waals surface area (Å²) in [5.74, 6) is 0. The van der Waals surface area contributed by atoms with Crippen molar-refractivity contribution in [2.75, 3.05) is 33.5 Å². The van der Waals surface area contributed by atoms with Crippen LogP contribution in [0.25, 0.3) is 0 Å². The summed E-state index contributed by atoms with van der Waals surface area (Å²) in [6.45, 7) is 5.84. The van der Waals surface area contributed by atoms with Gasteiger partial charge in [0.15, 0.2) is 0 Å². The smallest absolute Gasteiger partial charge is 0.716 e. The first-order valence-electron chi connectivity index (χ1n) is 5.61. The Labute approximate surface area is 117 Å². The van der Waals surface area contributed by atoms with Crippen LogP contribution in [0.4, 0.5) is 0 Å². The van der Waals surface area contributed by atoms with Gasteiger partial charge in [-0.1, -0.05) is 0 Å². The Hall–Kier alpha value is 0.407. The summed E-state index contributed by atoms with van der Waals surface area (Å²) in [4.78, 5) is 2.76. The third kappa shape index (κ3) is 16.8. The summed E-state index contributed by atoms with van der Waals surface area (Å²) in [5, 5.41) is 0.838. The molecule has 1 N–H and O–H groups in total. The molecule has 2 aliphatic heterocycles. The Bertz CT molecular complexity index is 131. The van der Waals surface area contributed by atoms with Crippen molar-refractivity contribution in [3.05, 3.63) is 0 Å². The van der Waals surface area contributed by atoms with Gasteiger partial charge in [-0.05, 0) is 32.6 Å². The Morgan fingerprint density at radius 1 is 0.938 bits per heavy atom. The van der Waals surface area contributed by atoms with Gasteiger partial charge in [0.25, 0.3) is 0 Å². The first-order chi connectivity index (χ1) is 7.27. The van der Waals surface area contributed by atoms with Gasteiger partial charge in [-0.2, -0.15) is 0 Å². The topological polar surface area (TPSA) is 32.4 Å². The summed E-state index contributed by atoms with van der Waals surface area (Å²) in [5.41, 5.74) is 0. The SMILES string of the molecule is C1CCOC1.C1CCOC1.C[NH+]=C(C)[S-].[Li+]. The molecule has 0 spiro atoms. The third-order valence-electron chi connectivity index (χ3n) is 2.01. The molecule has 2 fully saturated rings. The van der Waals surface area contributed by atoms with Crippen LogP contribution in [-0.2, 0) is 22.1 Å². The van der Waals surface area contributed by atoms with Crippen LogP contribution in [0.5, 0.6) is 0 Å². The van der Waals surface area contributed by atoms with Crippen LogP contribution in [0.3, 0.4) is 0 Å². The van der Waals surface area contributed by atoms with E-state index in [0.29, 0.717) is 0 Å². The summed E-state index contributed by atoms with van der Waals surface area (Å²) >= 11 is 4.59. The molecule has 0 atom stereocenters. The fraction of sp³-hybridized carbons (Fsp3) is 0.909.